The number of aromatic nitrogens is 1. The van der Waals surface area contributed by atoms with Gasteiger partial charge in [-0.05, 0) is 34.1 Å². The molecule has 1 amide bonds. The second kappa shape index (κ2) is 6.85. The fraction of sp³-hybridized carbons (Fsp3) is 0.562. The molecule has 0 fully saturated rings. The molecule has 0 aromatic carbocycles. The molecule has 0 atom stereocenters. The first kappa shape index (κ1) is 17.1. The number of rotatable bonds is 3. The van der Waals surface area contributed by atoms with Crippen LogP contribution in [-0.4, -0.2) is 47.2 Å². The molecule has 2 rings (SSSR count). The number of carbonyl (C=O) groups excluding carboxylic acids is 2. The number of nitrogens with zero attached hydrogens (tertiary/aromatic N) is 2. The van der Waals surface area contributed by atoms with Crippen LogP contribution in [0.25, 0.3) is 5.57 Å². The van der Waals surface area contributed by atoms with E-state index in [-0.39, 0.29) is 18.5 Å². The van der Waals surface area contributed by atoms with Crippen molar-refractivity contribution < 1.29 is 23.5 Å². The Morgan fingerprint density at radius 3 is 2.70 bits per heavy atom. The lowest BCUT2D eigenvalue weighted by Gasteiger charge is -2.29. The highest BCUT2D eigenvalue weighted by Crippen LogP contribution is 2.23. The van der Waals surface area contributed by atoms with Gasteiger partial charge in [-0.1, -0.05) is 6.08 Å². The van der Waals surface area contributed by atoms with Crippen LogP contribution in [0.2, 0.25) is 0 Å². The maximum atomic E-state index is 12.0. The van der Waals surface area contributed by atoms with E-state index in [0.29, 0.717) is 25.4 Å². The summed E-state index contributed by atoms with van der Waals surface area (Å²) in [5, 5.41) is 0. The molecule has 7 nitrogen and oxygen atoms in total. The normalized spacial score (nSPS) is 15.1. The van der Waals surface area contributed by atoms with Gasteiger partial charge >= 0.3 is 12.1 Å². The molecule has 0 bridgehead atoms. The van der Waals surface area contributed by atoms with Crippen molar-refractivity contribution in [2.75, 3.05) is 19.7 Å². The van der Waals surface area contributed by atoms with Crippen LogP contribution >= 0.6 is 0 Å². The molecule has 0 radical (unpaired) electrons. The second-order valence-electron chi connectivity index (χ2n) is 6.16. The lowest BCUT2D eigenvalue weighted by Crippen LogP contribution is -2.39. The largest absolute Gasteiger partial charge is 0.460 e. The van der Waals surface area contributed by atoms with E-state index in [1.807, 2.05) is 26.8 Å². The Balaban J connectivity index is 1.99. The number of hydrogen-bond donors (Lipinski definition) is 0. The van der Waals surface area contributed by atoms with Crippen molar-refractivity contribution in [3.8, 4) is 0 Å². The summed E-state index contributed by atoms with van der Waals surface area (Å²) in [6.07, 6.45) is 3.46. The molecule has 0 unspecified atom stereocenters. The van der Waals surface area contributed by atoms with Crippen molar-refractivity contribution in [1.82, 2.24) is 9.88 Å². The SMILES string of the molecule is CCOC(=O)c1cnc(C2=CCN(C(=O)OC(C)(C)C)CC2)o1. The molecule has 126 valence electrons. The Kier molecular flexibility index (Phi) is 5.08. The number of hydrogen-bond acceptors (Lipinski definition) is 6. The van der Waals surface area contributed by atoms with Crippen molar-refractivity contribution in [3.63, 3.8) is 0 Å². The van der Waals surface area contributed by atoms with Gasteiger partial charge in [0, 0.05) is 18.7 Å². The Bertz CT molecular complexity index is 612. The minimum Gasteiger partial charge on any atom is -0.460 e. The first-order valence-electron chi connectivity index (χ1n) is 7.60. The zero-order valence-electron chi connectivity index (χ0n) is 13.9. The number of carbonyl (C=O) groups is 2. The molecule has 1 aromatic rings. The van der Waals surface area contributed by atoms with E-state index in [1.54, 1.807) is 11.8 Å². The lowest BCUT2D eigenvalue weighted by molar-refractivity contribution is 0.0270. The van der Waals surface area contributed by atoms with Crippen LogP contribution in [0.1, 0.15) is 50.6 Å². The molecular formula is C16H22N2O5. The minimum atomic E-state index is -0.530. The first-order chi connectivity index (χ1) is 10.8. The van der Waals surface area contributed by atoms with Crippen LogP contribution < -0.4 is 0 Å². The van der Waals surface area contributed by atoms with Gasteiger partial charge in [0.25, 0.3) is 0 Å². The molecule has 1 aliphatic heterocycles. The average Bonchev–Trinajstić information content (AvgIpc) is 2.96. The molecule has 0 saturated heterocycles. The Morgan fingerprint density at radius 1 is 1.39 bits per heavy atom. The third-order valence-electron chi connectivity index (χ3n) is 3.12. The molecule has 1 aliphatic rings. The van der Waals surface area contributed by atoms with E-state index in [4.69, 9.17) is 13.9 Å². The number of amides is 1. The molecule has 0 N–H and O–H groups in total. The monoisotopic (exact) mass is 322 g/mol. The summed E-state index contributed by atoms with van der Waals surface area (Å²) in [5.74, 6) is -0.0627. The van der Waals surface area contributed by atoms with Crippen molar-refractivity contribution in [2.45, 2.75) is 39.7 Å². The Morgan fingerprint density at radius 2 is 2.13 bits per heavy atom. The summed E-state index contributed by atoms with van der Waals surface area (Å²) in [7, 11) is 0. The lowest BCUT2D eigenvalue weighted by atomic mass is 10.1. The van der Waals surface area contributed by atoms with E-state index in [1.165, 1.54) is 6.20 Å². The Labute approximate surface area is 135 Å². The second-order valence-corrected chi connectivity index (χ2v) is 6.16. The number of oxazole rings is 1. The topological polar surface area (TPSA) is 81.9 Å². The smallest absolute Gasteiger partial charge is 0.410 e. The highest BCUT2D eigenvalue weighted by molar-refractivity contribution is 5.86. The van der Waals surface area contributed by atoms with Crippen LogP contribution in [0.15, 0.2) is 16.7 Å². The summed E-state index contributed by atoms with van der Waals surface area (Å²) in [6.45, 7) is 8.44. The maximum absolute atomic E-state index is 12.0. The summed E-state index contributed by atoms with van der Waals surface area (Å²) in [4.78, 5) is 29.3. The summed E-state index contributed by atoms with van der Waals surface area (Å²) in [5.41, 5.74) is 0.346. The zero-order chi connectivity index (χ0) is 17.0. The van der Waals surface area contributed by atoms with Gasteiger partial charge in [-0.3, -0.25) is 0 Å². The van der Waals surface area contributed by atoms with Gasteiger partial charge in [-0.2, -0.15) is 0 Å². The number of ether oxygens (including phenoxy) is 2. The van der Waals surface area contributed by atoms with E-state index < -0.39 is 11.6 Å². The predicted molar refractivity (Wildman–Crippen MR) is 82.9 cm³/mol. The van der Waals surface area contributed by atoms with Crippen molar-refractivity contribution in [1.29, 1.82) is 0 Å². The number of esters is 1. The van der Waals surface area contributed by atoms with E-state index >= 15 is 0 Å². The summed E-state index contributed by atoms with van der Waals surface area (Å²) in [6, 6.07) is 0. The van der Waals surface area contributed by atoms with E-state index in [0.717, 1.165) is 5.57 Å². The molecular weight excluding hydrogens is 300 g/mol. The fourth-order valence-electron chi connectivity index (χ4n) is 2.07. The molecule has 1 aromatic heterocycles. The molecule has 7 heteroatoms. The Hall–Kier alpha value is -2.31. The predicted octanol–water partition coefficient (Wildman–Crippen LogP) is 2.88. The quantitative estimate of drug-likeness (QED) is 0.796. The maximum Gasteiger partial charge on any atom is 0.410 e. The van der Waals surface area contributed by atoms with Gasteiger partial charge in [-0.25, -0.2) is 14.6 Å². The van der Waals surface area contributed by atoms with Crippen molar-refractivity contribution >= 4 is 17.6 Å². The van der Waals surface area contributed by atoms with E-state index in [2.05, 4.69) is 4.98 Å². The van der Waals surface area contributed by atoms with Crippen LogP contribution in [-0.2, 0) is 9.47 Å². The van der Waals surface area contributed by atoms with Crippen LogP contribution in [0, 0.1) is 0 Å². The van der Waals surface area contributed by atoms with E-state index in [9.17, 15) is 9.59 Å². The summed E-state index contributed by atoms with van der Waals surface area (Å²) >= 11 is 0. The molecule has 0 spiro atoms. The third-order valence-corrected chi connectivity index (χ3v) is 3.12. The fourth-order valence-corrected chi connectivity index (χ4v) is 2.07. The third kappa shape index (κ3) is 4.58. The van der Waals surface area contributed by atoms with Gasteiger partial charge in [0.15, 0.2) is 0 Å². The highest BCUT2D eigenvalue weighted by atomic mass is 16.6. The minimum absolute atomic E-state index is 0.0809. The van der Waals surface area contributed by atoms with Crippen LogP contribution in [0.3, 0.4) is 0 Å². The first-order valence-corrected chi connectivity index (χ1v) is 7.60. The molecule has 23 heavy (non-hydrogen) atoms. The molecule has 0 aliphatic carbocycles. The molecule has 0 saturated carbocycles. The standard InChI is InChI=1S/C16H22N2O5/c1-5-21-14(19)12-10-17-13(22-12)11-6-8-18(9-7-11)15(20)23-16(2,3)4/h6,10H,5,7-9H2,1-4H3. The van der Waals surface area contributed by atoms with Crippen LogP contribution in [0.4, 0.5) is 4.79 Å². The van der Waals surface area contributed by atoms with Gasteiger partial charge in [0.2, 0.25) is 11.7 Å². The van der Waals surface area contributed by atoms with Gasteiger partial charge in [0.05, 0.1) is 12.8 Å². The average molecular weight is 322 g/mol. The van der Waals surface area contributed by atoms with Crippen molar-refractivity contribution in [3.05, 3.63) is 23.9 Å². The van der Waals surface area contributed by atoms with Crippen molar-refractivity contribution in [2.24, 2.45) is 0 Å². The van der Waals surface area contributed by atoms with Gasteiger partial charge < -0.3 is 18.8 Å². The van der Waals surface area contributed by atoms with Crippen LogP contribution in [0.5, 0.6) is 0 Å². The highest BCUT2D eigenvalue weighted by Gasteiger charge is 2.25. The zero-order valence-corrected chi connectivity index (χ0v) is 13.9. The molecule has 2 heterocycles. The van der Waals surface area contributed by atoms with Gasteiger partial charge in [-0.15, -0.1) is 0 Å². The summed E-state index contributed by atoms with van der Waals surface area (Å²) < 4.78 is 15.6. The van der Waals surface area contributed by atoms with Gasteiger partial charge in [0.1, 0.15) is 5.60 Å².